The zero-order chi connectivity index (χ0) is 46.9. The summed E-state index contributed by atoms with van der Waals surface area (Å²) in [6.45, 7) is 13.6. The maximum absolute atomic E-state index is 11.6. The molecule has 4 aromatic carbocycles. The van der Waals surface area contributed by atoms with Crippen LogP contribution in [0.2, 0.25) is 0 Å². The van der Waals surface area contributed by atoms with Gasteiger partial charge < -0.3 is 14.7 Å². The van der Waals surface area contributed by atoms with Gasteiger partial charge in [0, 0.05) is 73.0 Å². The highest BCUT2D eigenvalue weighted by Crippen LogP contribution is 2.58. The summed E-state index contributed by atoms with van der Waals surface area (Å²) in [4.78, 5) is 33.3. The van der Waals surface area contributed by atoms with Gasteiger partial charge in [0.05, 0.1) is 0 Å². The van der Waals surface area contributed by atoms with Crippen LogP contribution in [0.15, 0.2) is 127 Å². The predicted molar refractivity (Wildman–Crippen MR) is 276 cm³/mol. The van der Waals surface area contributed by atoms with Gasteiger partial charge in [-0.2, -0.15) is 10.5 Å². The molecule has 328 valence electrons. The number of carbonyl (C=O) groups is 2. The maximum Gasteiger partial charge on any atom is 0.346 e. The van der Waals surface area contributed by atoms with Crippen molar-refractivity contribution in [2.45, 2.75) is 52.4 Å². The van der Waals surface area contributed by atoms with E-state index in [0.29, 0.717) is 0 Å². The van der Waals surface area contributed by atoms with Crippen molar-refractivity contribution in [1.82, 2.24) is 0 Å². The summed E-state index contributed by atoms with van der Waals surface area (Å²) < 4.78 is 4.80. The largest absolute Gasteiger partial charge is 0.477 e. The smallest absolute Gasteiger partial charge is 0.346 e. The number of hydrogen-bond donors (Lipinski definition) is 1. The number of aliphatic carboxylic acids is 1. The van der Waals surface area contributed by atoms with Crippen LogP contribution in [0.5, 0.6) is 0 Å². The fourth-order valence-electron chi connectivity index (χ4n) is 9.40. The number of ether oxygens (including phenoxy) is 1. The molecule has 1 N–H and O–H groups in total. The lowest BCUT2D eigenvalue weighted by Crippen LogP contribution is -2.16. The quantitative estimate of drug-likeness (QED) is 0.0594. The lowest BCUT2D eigenvalue weighted by molar-refractivity contribution is -0.132. The lowest BCUT2D eigenvalue weighted by Gasteiger charge is -2.28. The third-order valence-electron chi connectivity index (χ3n) is 12.9. The molecule has 4 heterocycles. The molecule has 7 nitrogen and oxygen atoms in total. The molecule has 0 spiro atoms. The molecule has 0 radical (unpaired) electrons. The molecule has 11 heteroatoms. The van der Waals surface area contributed by atoms with Crippen molar-refractivity contribution in [1.29, 1.82) is 10.5 Å². The van der Waals surface area contributed by atoms with Gasteiger partial charge in [0.15, 0.2) is 0 Å². The molecule has 10 rings (SSSR count). The average Bonchev–Trinajstić information content (AvgIpc) is 4.18. The van der Waals surface area contributed by atoms with Gasteiger partial charge in [0.25, 0.3) is 6.47 Å². The second-order valence-electron chi connectivity index (χ2n) is 17.8. The fraction of sp³-hybridized carbons (Fsp3) is 0.143. The van der Waals surface area contributed by atoms with E-state index in [4.69, 9.17) is 4.74 Å². The van der Waals surface area contributed by atoms with Crippen molar-refractivity contribution in [2.75, 3.05) is 4.90 Å². The first-order chi connectivity index (χ1) is 32.2. The van der Waals surface area contributed by atoms with E-state index in [9.17, 15) is 25.2 Å². The molecular formula is C56H41N3O4S4. The molecule has 2 aliphatic rings. The highest BCUT2D eigenvalue weighted by molar-refractivity contribution is 7.28. The van der Waals surface area contributed by atoms with Crippen molar-refractivity contribution >= 4 is 87.0 Å². The highest BCUT2D eigenvalue weighted by atomic mass is 32.1. The minimum atomic E-state index is -1.22. The monoisotopic (exact) mass is 947 g/mol. The minimum absolute atomic E-state index is 0.0547. The maximum atomic E-state index is 11.6. The number of aryl methyl sites for hydroxylation is 2. The number of carbonyl (C=O) groups excluding carboxylic acids is 1. The van der Waals surface area contributed by atoms with Crippen LogP contribution in [0.1, 0.15) is 70.8 Å². The van der Waals surface area contributed by atoms with E-state index < -0.39 is 5.97 Å². The Morgan fingerprint density at radius 3 is 1.87 bits per heavy atom. The number of benzene rings is 4. The second kappa shape index (κ2) is 16.6. The number of fused-ring (bicyclic) bond motifs is 6. The Hall–Kier alpha value is -7.12. The number of rotatable bonds is 11. The van der Waals surface area contributed by atoms with Crippen LogP contribution >= 0.6 is 45.3 Å². The van der Waals surface area contributed by atoms with E-state index in [1.165, 1.54) is 81.4 Å². The molecule has 4 aromatic heterocycles. The van der Waals surface area contributed by atoms with Crippen molar-refractivity contribution in [3.63, 3.8) is 0 Å². The Morgan fingerprint density at radius 1 is 0.597 bits per heavy atom. The Labute approximate surface area is 405 Å². The number of nitrogens with zero attached hydrogens (tertiary/aromatic N) is 3. The summed E-state index contributed by atoms with van der Waals surface area (Å²) in [5.74, 6) is -1.27. The molecule has 67 heavy (non-hydrogen) atoms. The Balaban J connectivity index is 0.989. The molecule has 0 bridgehead atoms. The molecule has 0 aliphatic heterocycles. The van der Waals surface area contributed by atoms with E-state index in [0.717, 1.165) is 47.7 Å². The molecule has 0 fully saturated rings. The zero-order valence-electron chi connectivity index (χ0n) is 37.3. The predicted octanol–water partition coefficient (Wildman–Crippen LogP) is 15.7. The van der Waals surface area contributed by atoms with Gasteiger partial charge in [-0.1, -0.05) is 81.8 Å². The number of hydrogen-bond acceptors (Lipinski definition) is 10. The second-order valence-corrected chi connectivity index (χ2v) is 22.1. The van der Waals surface area contributed by atoms with Crippen LogP contribution in [0.4, 0.5) is 17.1 Å². The molecule has 0 saturated carbocycles. The molecular weight excluding hydrogens is 907 g/mol. The number of carboxylic acid groups (broad SMARTS) is 1. The third kappa shape index (κ3) is 7.55. The normalized spacial score (nSPS) is 14.1. The Morgan fingerprint density at radius 2 is 1.19 bits per heavy atom. The van der Waals surface area contributed by atoms with E-state index >= 15 is 0 Å². The first-order valence-corrected chi connectivity index (χ1v) is 24.8. The zero-order valence-corrected chi connectivity index (χ0v) is 40.6. The van der Waals surface area contributed by atoms with Gasteiger partial charge in [-0.25, -0.2) is 4.79 Å². The van der Waals surface area contributed by atoms with Gasteiger partial charge in [-0.15, -0.1) is 45.3 Å². The van der Waals surface area contributed by atoms with Crippen LogP contribution in [0.3, 0.4) is 0 Å². The summed E-state index contributed by atoms with van der Waals surface area (Å²) in [7, 11) is 0. The number of nitriles is 2. The van der Waals surface area contributed by atoms with Crippen LogP contribution in [-0.2, 0) is 25.2 Å². The first kappa shape index (κ1) is 43.8. The first-order valence-electron chi connectivity index (χ1n) is 21.5. The van der Waals surface area contributed by atoms with Crippen molar-refractivity contribution in [2.24, 2.45) is 0 Å². The number of allylic oxidation sites excluding steroid dienone is 1. The van der Waals surface area contributed by atoms with Gasteiger partial charge in [0.2, 0.25) is 5.76 Å². The lowest BCUT2D eigenvalue weighted by atomic mass is 9.82. The van der Waals surface area contributed by atoms with Crippen LogP contribution < -0.4 is 4.90 Å². The SMILES string of the molecule is Cc1ccc2c(c1)C(C)(C)c1cc(N(c3ccc(-c4ccc(/C=C(\C#N)OC=O)s4)cc3)c3ccc(-c4sc(-c5cc6c(s5)-c5sc(/C=C(\C#N)C(=O)O)cc5C6(C)C)cc4C)cc3)ccc1-2. The van der Waals surface area contributed by atoms with Gasteiger partial charge >= 0.3 is 5.97 Å². The van der Waals surface area contributed by atoms with Gasteiger partial charge in [0.1, 0.15) is 17.7 Å². The summed E-state index contributed by atoms with van der Waals surface area (Å²) in [6, 6.07) is 45.3. The van der Waals surface area contributed by atoms with E-state index in [1.54, 1.807) is 40.1 Å². The number of anilines is 3. The summed E-state index contributed by atoms with van der Waals surface area (Å²) >= 11 is 6.63. The minimum Gasteiger partial charge on any atom is -0.477 e. The van der Waals surface area contributed by atoms with Crippen LogP contribution in [0.25, 0.3) is 63.7 Å². The topological polar surface area (TPSA) is 114 Å². The molecule has 0 atom stereocenters. The summed E-state index contributed by atoms with van der Waals surface area (Å²) in [5.41, 5.74) is 14.7. The summed E-state index contributed by atoms with van der Waals surface area (Å²) in [5, 5.41) is 28.2. The fourth-order valence-corrected chi connectivity index (χ4v) is 14.3. The van der Waals surface area contributed by atoms with Crippen molar-refractivity contribution in [3.05, 3.63) is 170 Å². The number of thiophene rings is 4. The molecule has 2 aliphatic carbocycles. The molecule has 0 saturated heterocycles. The van der Waals surface area contributed by atoms with Crippen molar-refractivity contribution in [3.8, 4) is 63.7 Å². The van der Waals surface area contributed by atoms with Crippen LogP contribution in [-0.4, -0.2) is 17.5 Å². The Bertz CT molecular complexity index is 3490. The van der Waals surface area contributed by atoms with E-state index in [2.05, 4.69) is 144 Å². The standard InChI is InChI=1S/C56H41N3O4S4/c1-31-7-18-42-43-19-16-38(24-45(43)55(3,4)44(42)21-31)59(36-12-8-33(9-13-36)48-20-17-40(64-48)25-39(29-58)63-30-60)37-14-10-34(11-15-37)51-32(2)22-49(66-51)50-27-47-53(67-50)52-46(56(47,5)6)26-41(65-52)23-35(28-57)54(61)62/h7-27,30H,1-6H3,(H,61,62)/b35-23+,39-25+. The van der Waals surface area contributed by atoms with E-state index in [-0.39, 0.29) is 28.6 Å². The van der Waals surface area contributed by atoms with Crippen molar-refractivity contribution < 1.29 is 19.4 Å². The third-order valence-corrected chi connectivity index (χ3v) is 17.8. The van der Waals surface area contributed by atoms with Gasteiger partial charge in [-0.3, -0.25) is 4.79 Å². The molecule has 0 unspecified atom stereocenters. The average molecular weight is 948 g/mol. The molecule has 0 amide bonds. The molecule has 8 aromatic rings. The van der Waals surface area contributed by atoms with E-state index in [1.807, 2.05) is 30.3 Å². The van der Waals surface area contributed by atoms with Crippen LogP contribution in [0, 0.1) is 36.5 Å². The summed E-state index contributed by atoms with van der Waals surface area (Å²) in [6.07, 6.45) is 3.04. The Kier molecular flexibility index (Phi) is 10.9. The van der Waals surface area contributed by atoms with Gasteiger partial charge in [-0.05, 0) is 137 Å². The highest BCUT2D eigenvalue weighted by Gasteiger charge is 2.40. The number of carboxylic acids is 1.